The molecule has 0 radical (unpaired) electrons. The number of rotatable bonds is 6. The molecule has 0 spiro atoms. The van der Waals surface area contributed by atoms with Gasteiger partial charge < -0.3 is 15.8 Å². The predicted octanol–water partition coefficient (Wildman–Crippen LogP) is 1.54. The second kappa shape index (κ2) is 7.40. The van der Waals surface area contributed by atoms with Crippen molar-refractivity contribution in [2.24, 2.45) is 5.73 Å². The van der Waals surface area contributed by atoms with Crippen LogP contribution in [0, 0.1) is 6.92 Å². The third kappa shape index (κ3) is 4.29. The summed E-state index contributed by atoms with van der Waals surface area (Å²) in [4.78, 5) is 15.8. The van der Waals surface area contributed by atoms with Gasteiger partial charge >= 0.3 is 0 Å². The zero-order valence-electron chi connectivity index (χ0n) is 12.0. The lowest BCUT2D eigenvalue weighted by atomic mass is 10.1. The molecule has 0 bridgehead atoms. The molecule has 0 saturated heterocycles. The molecule has 3 N–H and O–H groups in total. The molecule has 21 heavy (non-hydrogen) atoms. The number of ether oxygens (including phenoxy) is 1. The van der Waals surface area contributed by atoms with E-state index < -0.39 is 0 Å². The van der Waals surface area contributed by atoms with Gasteiger partial charge in [0.25, 0.3) is 5.91 Å². The van der Waals surface area contributed by atoms with Crippen LogP contribution in [0.5, 0.6) is 5.75 Å². The predicted molar refractivity (Wildman–Crippen MR) is 80.6 cm³/mol. The van der Waals surface area contributed by atoms with Crippen molar-refractivity contribution in [2.45, 2.75) is 20.0 Å². The minimum atomic E-state index is -0.168. The van der Waals surface area contributed by atoms with Gasteiger partial charge in [-0.1, -0.05) is 18.2 Å². The van der Waals surface area contributed by atoms with E-state index in [-0.39, 0.29) is 12.5 Å². The van der Waals surface area contributed by atoms with E-state index in [1.54, 1.807) is 12.4 Å². The molecule has 0 atom stereocenters. The fraction of sp³-hybridized carbons (Fsp3) is 0.250. The molecule has 0 aliphatic heterocycles. The van der Waals surface area contributed by atoms with Crippen LogP contribution in [0.4, 0.5) is 0 Å². The number of nitrogens with two attached hydrogens (primary N) is 1. The molecule has 0 fully saturated rings. The number of carbonyl (C=O) groups excluding carboxylic acids is 1. The molecule has 2 aromatic rings. The monoisotopic (exact) mass is 285 g/mol. The highest BCUT2D eigenvalue weighted by Crippen LogP contribution is 2.16. The second-order valence-electron chi connectivity index (χ2n) is 4.68. The average molecular weight is 285 g/mol. The third-order valence-electron chi connectivity index (χ3n) is 3.16. The highest BCUT2D eigenvalue weighted by atomic mass is 16.5. The maximum atomic E-state index is 11.8. The van der Waals surface area contributed by atoms with Gasteiger partial charge in [-0.2, -0.15) is 0 Å². The zero-order valence-corrected chi connectivity index (χ0v) is 12.0. The van der Waals surface area contributed by atoms with E-state index in [0.717, 1.165) is 16.7 Å². The van der Waals surface area contributed by atoms with Crippen LogP contribution in [0.25, 0.3) is 0 Å². The Kier molecular flexibility index (Phi) is 5.29. The molecule has 1 aromatic heterocycles. The number of aromatic nitrogens is 1. The summed E-state index contributed by atoms with van der Waals surface area (Å²) in [5.74, 6) is 0.480. The number of benzene rings is 1. The van der Waals surface area contributed by atoms with E-state index in [2.05, 4.69) is 10.3 Å². The fourth-order valence-electron chi connectivity index (χ4n) is 1.90. The number of aryl methyl sites for hydroxylation is 1. The number of nitrogens with one attached hydrogen (secondary N) is 1. The first-order valence-corrected chi connectivity index (χ1v) is 6.77. The Bertz CT molecular complexity index is 614. The highest BCUT2D eigenvalue weighted by Gasteiger charge is 2.06. The molecule has 5 heteroatoms. The van der Waals surface area contributed by atoms with Crippen molar-refractivity contribution in [3.05, 3.63) is 59.4 Å². The topological polar surface area (TPSA) is 77.2 Å². The maximum Gasteiger partial charge on any atom is 0.258 e. The molecule has 1 amide bonds. The Hall–Kier alpha value is -2.40. The average Bonchev–Trinajstić information content (AvgIpc) is 2.52. The molecule has 0 saturated carbocycles. The van der Waals surface area contributed by atoms with Crippen molar-refractivity contribution in [1.82, 2.24) is 10.3 Å². The van der Waals surface area contributed by atoms with E-state index in [1.165, 1.54) is 0 Å². The standard InChI is InChI=1S/C16H19N3O2/c1-12-9-18-7-6-14(12)10-19-16(20)11-21-15-5-3-2-4-13(15)8-17/h2-7,9H,8,10-11,17H2,1H3,(H,19,20). The second-order valence-corrected chi connectivity index (χ2v) is 4.68. The van der Waals surface area contributed by atoms with Crippen LogP contribution in [-0.2, 0) is 17.9 Å². The van der Waals surface area contributed by atoms with E-state index >= 15 is 0 Å². The lowest BCUT2D eigenvalue weighted by Gasteiger charge is -2.11. The number of para-hydroxylation sites is 1. The molecule has 110 valence electrons. The number of nitrogens with zero attached hydrogens (tertiary/aromatic N) is 1. The minimum Gasteiger partial charge on any atom is -0.483 e. The van der Waals surface area contributed by atoms with Crippen LogP contribution in [0.15, 0.2) is 42.7 Å². The van der Waals surface area contributed by atoms with Crippen molar-refractivity contribution in [3.8, 4) is 5.75 Å². The summed E-state index contributed by atoms with van der Waals surface area (Å²) in [6.45, 7) is 2.78. The Balaban J connectivity index is 1.84. The summed E-state index contributed by atoms with van der Waals surface area (Å²) in [6.07, 6.45) is 3.48. The molecular formula is C16H19N3O2. The van der Waals surface area contributed by atoms with Crippen molar-refractivity contribution in [2.75, 3.05) is 6.61 Å². The molecule has 1 aromatic carbocycles. The Morgan fingerprint density at radius 1 is 1.29 bits per heavy atom. The zero-order chi connectivity index (χ0) is 15.1. The van der Waals surface area contributed by atoms with Gasteiger partial charge in [-0.15, -0.1) is 0 Å². The van der Waals surface area contributed by atoms with Crippen molar-refractivity contribution < 1.29 is 9.53 Å². The van der Waals surface area contributed by atoms with Gasteiger partial charge in [-0.25, -0.2) is 0 Å². The van der Waals surface area contributed by atoms with Crippen LogP contribution in [0.2, 0.25) is 0 Å². The van der Waals surface area contributed by atoms with Crippen LogP contribution in [-0.4, -0.2) is 17.5 Å². The lowest BCUT2D eigenvalue weighted by Crippen LogP contribution is -2.28. The maximum absolute atomic E-state index is 11.8. The van der Waals surface area contributed by atoms with Crippen molar-refractivity contribution >= 4 is 5.91 Å². The molecular weight excluding hydrogens is 266 g/mol. The smallest absolute Gasteiger partial charge is 0.258 e. The van der Waals surface area contributed by atoms with Gasteiger partial charge in [0, 0.05) is 31.0 Å². The molecule has 1 heterocycles. The normalized spacial score (nSPS) is 10.2. The number of hydrogen-bond donors (Lipinski definition) is 2. The minimum absolute atomic E-state index is 0.0266. The van der Waals surface area contributed by atoms with Crippen LogP contribution < -0.4 is 15.8 Å². The lowest BCUT2D eigenvalue weighted by molar-refractivity contribution is -0.123. The summed E-state index contributed by atoms with van der Waals surface area (Å²) in [7, 11) is 0. The first kappa shape index (κ1) is 15.0. The van der Waals surface area contributed by atoms with Crippen molar-refractivity contribution in [1.29, 1.82) is 0 Å². The van der Waals surface area contributed by atoms with Gasteiger partial charge in [0.1, 0.15) is 5.75 Å². The Labute approximate surface area is 124 Å². The molecule has 0 aliphatic rings. The Morgan fingerprint density at radius 2 is 2.10 bits per heavy atom. The largest absolute Gasteiger partial charge is 0.483 e. The van der Waals surface area contributed by atoms with Gasteiger partial charge in [0.15, 0.2) is 6.61 Å². The summed E-state index contributed by atoms with van der Waals surface area (Å²) in [5.41, 5.74) is 8.60. The van der Waals surface area contributed by atoms with Crippen LogP contribution >= 0.6 is 0 Å². The van der Waals surface area contributed by atoms with E-state index in [9.17, 15) is 4.79 Å². The summed E-state index contributed by atoms with van der Waals surface area (Å²) >= 11 is 0. The van der Waals surface area contributed by atoms with E-state index in [4.69, 9.17) is 10.5 Å². The number of pyridine rings is 1. The summed E-state index contributed by atoms with van der Waals surface area (Å²) < 4.78 is 5.50. The summed E-state index contributed by atoms with van der Waals surface area (Å²) in [6, 6.07) is 9.32. The fourth-order valence-corrected chi connectivity index (χ4v) is 1.90. The first-order chi connectivity index (χ1) is 10.2. The van der Waals surface area contributed by atoms with Gasteiger partial charge in [0.05, 0.1) is 0 Å². The molecule has 5 nitrogen and oxygen atoms in total. The molecule has 0 aliphatic carbocycles. The number of amides is 1. The SMILES string of the molecule is Cc1cnccc1CNC(=O)COc1ccccc1CN. The van der Waals surface area contributed by atoms with Crippen LogP contribution in [0.3, 0.4) is 0 Å². The Morgan fingerprint density at radius 3 is 2.86 bits per heavy atom. The van der Waals surface area contributed by atoms with Gasteiger partial charge in [-0.3, -0.25) is 9.78 Å². The quantitative estimate of drug-likeness (QED) is 0.844. The summed E-state index contributed by atoms with van der Waals surface area (Å²) in [5, 5.41) is 2.82. The molecule has 2 rings (SSSR count). The van der Waals surface area contributed by atoms with Crippen LogP contribution in [0.1, 0.15) is 16.7 Å². The number of hydrogen-bond acceptors (Lipinski definition) is 4. The van der Waals surface area contributed by atoms with E-state index in [0.29, 0.717) is 18.8 Å². The highest BCUT2D eigenvalue weighted by molar-refractivity contribution is 5.77. The van der Waals surface area contributed by atoms with Gasteiger partial charge in [-0.05, 0) is 30.2 Å². The van der Waals surface area contributed by atoms with E-state index in [1.807, 2.05) is 37.3 Å². The van der Waals surface area contributed by atoms with Gasteiger partial charge in [0.2, 0.25) is 0 Å². The first-order valence-electron chi connectivity index (χ1n) is 6.77. The molecule has 0 unspecified atom stereocenters. The number of carbonyl (C=O) groups is 1. The third-order valence-corrected chi connectivity index (χ3v) is 3.16. The van der Waals surface area contributed by atoms with Crippen molar-refractivity contribution in [3.63, 3.8) is 0 Å².